The average molecular weight is 242 g/mol. The van der Waals surface area contributed by atoms with E-state index in [0.29, 0.717) is 6.54 Å². The summed E-state index contributed by atoms with van der Waals surface area (Å²) >= 11 is 0. The summed E-state index contributed by atoms with van der Waals surface area (Å²) < 4.78 is 0. The lowest BCUT2D eigenvalue weighted by molar-refractivity contribution is -0.141. The van der Waals surface area contributed by atoms with Crippen LogP contribution in [0.2, 0.25) is 0 Å². The van der Waals surface area contributed by atoms with Gasteiger partial charge in [-0.2, -0.15) is 0 Å². The smallest absolute Gasteiger partial charge is 0.315 e. The summed E-state index contributed by atoms with van der Waals surface area (Å²) in [5.74, 6) is -0.703. The normalized spacial score (nSPS) is 18.9. The van der Waals surface area contributed by atoms with Crippen molar-refractivity contribution in [2.24, 2.45) is 11.8 Å². The second kappa shape index (κ2) is 6.47. The minimum Gasteiger partial charge on any atom is -0.481 e. The van der Waals surface area contributed by atoms with Crippen LogP contribution in [0.1, 0.15) is 39.5 Å². The van der Waals surface area contributed by atoms with Crippen molar-refractivity contribution < 1.29 is 14.7 Å². The van der Waals surface area contributed by atoms with Gasteiger partial charge in [-0.1, -0.05) is 19.3 Å². The van der Waals surface area contributed by atoms with Crippen molar-refractivity contribution in [3.8, 4) is 0 Å². The van der Waals surface area contributed by atoms with Crippen molar-refractivity contribution in [3.63, 3.8) is 0 Å². The highest BCUT2D eigenvalue weighted by molar-refractivity contribution is 5.76. The Morgan fingerprint density at radius 1 is 1.35 bits per heavy atom. The lowest BCUT2D eigenvalue weighted by Gasteiger charge is -2.25. The maximum atomic E-state index is 11.5. The molecule has 0 saturated heterocycles. The molecule has 2 unspecified atom stereocenters. The largest absolute Gasteiger partial charge is 0.481 e. The molecule has 0 radical (unpaired) electrons. The van der Waals surface area contributed by atoms with Crippen LogP contribution in [0.25, 0.3) is 0 Å². The number of amides is 2. The Labute approximate surface area is 102 Å². The molecule has 1 aliphatic rings. The zero-order valence-electron chi connectivity index (χ0n) is 10.5. The Hall–Kier alpha value is -1.26. The van der Waals surface area contributed by atoms with Crippen LogP contribution in [0.5, 0.6) is 0 Å². The molecule has 98 valence electrons. The van der Waals surface area contributed by atoms with Gasteiger partial charge < -0.3 is 15.7 Å². The van der Waals surface area contributed by atoms with Gasteiger partial charge in [0.05, 0.1) is 5.92 Å². The third-order valence-electron chi connectivity index (χ3n) is 3.56. The van der Waals surface area contributed by atoms with E-state index in [1.54, 1.807) is 13.8 Å². The quantitative estimate of drug-likeness (QED) is 0.661. The van der Waals surface area contributed by atoms with E-state index in [0.717, 1.165) is 12.3 Å². The maximum absolute atomic E-state index is 11.5. The number of carbonyl (C=O) groups excluding carboxylic acids is 1. The molecule has 3 N–H and O–H groups in total. The Balaban J connectivity index is 2.12. The third-order valence-corrected chi connectivity index (χ3v) is 3.56. The number of carboxylic acid groups (broad SMARTS) is 1. The number of hydrogen-bond donors (Lipinski definition) is 3. The van der Waals surface area contributed by atoms with E-state index in [1.807, 2.05) is 0 Å². The lowest BCUT2D eigenvalue weighted by Crippen LogP contribution is -2.45. The van der Waals surface area contributed by atoms with Crippen molar-refractivity contribution in [2.45, 2.75) is 45.6 Å². The zero-order chi connectivity index (χ0) is 12.8. The first-order chi connectivity index (χ1) is 8.00. The molecular formula is C12H22N2O3. The predicted octanol–water partition coefficient (Wildman–Crippen LogP) is 1.58. The standard InChI is InChI=1S/C12H22N2O3/c1-8(11(15)16)9(2)14-12(17)13-7-6-10-4-3-5-10/h8-10H,3-7H2,1-2H3,(H,15,16)(H2,13,14,17). The van der Waals surface area contributed by atoms with Crippen molar-refractivity contribution in [1.29, 1.82) is 0 Å². The molecule has 1 saturated carbocycles. The van der Waals surface area contributed by atoms with Crippen LogP contribution < -0.4 is 10.6 Å². The van der Waals surface area contributed by atoms with E-state index < -0.39 is 11.9 Å². The molecular weight excluding hydrogens is 220 g/mol. The Morgan fingerprint density at radius 2 is 2.00 bits per heavy atom. The van der Waals surface area contributed by atoms with Gasteiger partial charge in [-0.25, -0.2) is 4.79 Å². The molecule has 0 heterocycles. The third kappa shape index (κ3) is 4.63. The van der Waals surface area contributed by atoms with Gasteiger partial charge in [0, 0.05) is 12.6 Å². The summed E-state index contributed by atoms with van der Waals surface area (Å²) in [6.07, 6.45) is 4.88. The van der Waals surface area contributed by atoms with Crippen molar-refractivity contribution in [3.05, 3.63) is 0 Å². The molecule has 0 aliphatic heterocycles. The van der Waals surface area contributed by atoms with Gasteiger partial charge in [0.2, 0.25) is 0 Å². The number of aliphatic carboxylic acids is 1. The minimum absolute atomic E-state index is 0.273. The summed E-state index contributed by atoms with van der Waals surface area (Å²) in [4.78, 5) is 22.2. The monoisotopic (exact) mass is 242 g/mol. The van der Waals surface area contributed by atoms with Gasteiger partial charge in [0.15, 0.2) is 0 Å². The van der Waals surface area contributed by atoms with E-state index >= 15 is 0 Å². The fourth-order valence-corrected chi connectivity index (χ4v) is 1.77. The van der Waals surface area contributed by atoms with Gasteiger partial charge in [-0.3, -0.25) is 4.79 Å². The van der Waals surface area contributed by atoms with E-state index in [9.17, 15) is 9.59 Å². The van der Waals surface area contributed by atoms with Crippen molar-refractivity contribution >= 4 is 12.0 Å². The molecule has 2 atom stereocenters. The Morgan fingerprint density at radius 3 is 2.47 bits per heavy atom. The molecule has 5 heteroatoms. The number of urea groups is 1. The van der Waals surface area contributed by atoms with Crippen LogP contribution >= 0.6 is 0 Å². The molecule has 1 rings (SSSR count). The molecule has 0 bridgehead atoms. The summed E-state index contributed by atoms with van der Waals surface area (Å²) in [5, 5.41) is 14.2. The highest BCUT2D eigenvalue weighted by Crippen LogP contribution is 2.28. The molecule has 0 aromatic carbocycles. The first kappa shape index (κ1) is 13.8. The number of nitrogens with one attached hydrogen (secondary N) is 2. The molecule has 5 nitrogen and oxygen atoms in total. The summed E-state index contributed by atoms with van der Waals surface area (Å²) in [5.41, 5.74) is 0. The molecule has 0 spiro atoms. The highest BCUT2D eigenvalue weighted by Gasteiger charge is 2.21. The van der Waals surface area contributed by atoms with E-state index in [1.165, 1.54) is 19.3 Å². The van der Waals surface area contributed by atoms with E-state index in [2.05, 4.69) is 10.6 Å². The molecule has 0 aromatic rings. The zero-order valence-corrected chi connectivity index (χ0v) is 10.5. The van der Waals surface area contributed by atoms with Gasteiger partial charge in [0.25, 0.3) is 0 Å². The van der Waals surface area contributed by atoms with Crippen molar-refractivity contribution in [2.75, 3.05) is 6.54 Å². The maximum Gasteiger partial charge on any atom is 0.315 e. The molecule has 2 amide bonds. The first-order valence-electron chi connectivity index (χ1n) is 6.28. The van der Waals surface area contributed by atoms with E-state index in [4.69, 9.17) is 5.11 Å². The van der Waals surface area contributed by atoms with Gasteiger partial charge >= 0.3 is 12.0 Å². The van der Waals surface area contributed by atoms with Crippen LogP contribution in [0.15, 0.2) is 0 Å². The fourth-order valence-electron chi connectivity index (χ4n) is 1.77. The Kier molecular flexibility index (Phi) is 5.25. The topological polar surface area (TPSA) is 78.4 Å². The summed E-state index contributed by atoms with van der Waals surface area (Å²) in [7, 11) is 0. The second-order valence-corrected chi connectivity index (χ2v) is 4.90. The van der Waals surface area contributed by atoms with E-state index in [-0.39, 0.29) is 12.1 Å². The highest BCUT2D eigenvalue weighted by atomic mass is 16.4. The fraction of sp³-hybridized carbons (Fsp3) is 0.833. The predicted molar refractivity (Wildman–Crippen MR) is 64.8 cm³/mol. The van der Waals surface area contributed by atoms with Crippen LogP contribution in [0.3, 0.4) is 0 Å². The molecule has 1 aliphatic carbocycles. The summed E-state index contributed by atoms with van der Waals surface area (Å²) in [6.45, 7) is 3.95. The van der Waals surface area contributed by atoms with Crippen LogP contribution in [-0.4, -0.2) is 29.7 Å². The number of hydrogen-bond acceptors (Lipinski definition) is 2. The van der Waals surface area contributed by atoms with Crippen LogP contribution in [0.4, 0.5) is 4.79 Å². The minimum atomic E-state index is -0.896. The van der Waals surface area contributed by atoms with Gasteiger partial charge in [0.1, 0.15) is 0 Å². The van der Waals surface area contributed by atoms with Gasteiger partial charge in [-0.15, -0.1) is 0 Å². The Bertz CT molecular complexity index is 277. The van der Waals surface area contributed by atoms with Crippen LogP contribution in [-0.2, 0) is 4.79 Å². The summed E-state index contributed by atoms with van der Waals surface area (Å²) in [6, 6.07) is -0.638. The number of carbonyl (C=O) groups is 2. The SMILES string of the molecule is CC(NC(=O)NCCC1CCC1)C(C)C(=O)O. The first-order valence-corrected chi connectivity index (χ1v) is 6.28. The second-order valence-electron chi connectivity index (χ2n) is 4.90. The molecule has 17 heavy (non-hydrogen) atoms. The molecule has 0 aromatic heterocycles. The molecule has 1 fully saturated rings. The number of rotatable bonds is 6. The average Bonchev–Trinajstić information content (AvgIpc) is 2.20. The van der Waals surface area contributed by atoms with Gasteiger partial charge in [-0.05, 0) is 26.2 Å². The van der Waals surface area contributed by atoms with Crippen LogP contribution in [0, 0.1) is 11.8 Å². The lowest BCUT2D eigenvalue weighted by atomic mass is 9.83. The van der Waals surface area contributed by atoms with Crippen molar-refractivity contribution in [1.82, 2.24) is 10.6 Å². The number of carboxylic acids is 1.